The summed E-state index contributed by atoms with van der Waals surface area (Å²) in [7, 11) is 0. The molecule has 17 heavy (non-hydrogen) atoms. The van der Waals surface area contributed by atoms with Crippen molar-refractivity contribution in [2.24, 2.45) is 5.73 Å². The second-order valence-corrected chi connectivity index (χ2v) is 4.47. The van der Waals surface area contributed by atoms with Crippen molar-refractivity contribution in [3.8, 4) is 0 Å². The van der Waals surface area contributed by atoms with E-state index in [1.807, 2.05) is 0 Å². The van der Waals surface area contributed by atoms with E-state index in [1.165, 1.54) is 0 Å². The minimum absolute atomic E-state index is 0.222. The normalized spacial score (nSPS) is 15.1. The van der Waals surface area contributed by atoms with Gasteiger partial charge in [0.25, 0.3) is 5.91 Å². The maximum Gasteiger partial charge on any atom is 0.271 e. The number of rotatable bonds is 7. The molecule has 1 saturated carbocycles. The summed E-state index contributed by atoms with van der Waals surface area (Å²) < 4.78 is 1.80. The highest BCUT2D eigenvalue weighted by atomic mass is 16.2. The van der Waals surface area contributed by atoms with E-state index in [1.54, 1.807) is 4.68 Å². The molecule has 1 aliphatic carbocycles. The van der Waals surface area contributed by atoms with Crippen LogP contribution >= 0.6 is 0 Å². The van der Waals surface area contributed by atoms with Crippen molar-refractivity contribution >= 4 is 5.91 Å². The zero-order chi connectivity index (χ0) is 12.3. The Hall–Kier alpha value is -1.43. The second-order valence-electron chi connectivity index (χ2n) is 4.47. The van der Waals surface area contributed by atoms with Crippen molar-refractivity contribution in [1.29, 1.82) is 0 Å². The third-order valence-corrected chi connectivity index (χ3v) is 3.00. The first-order chi connectivity index (χ1) is 8.24. The standard InChI is InChI=1S/C11H18N4O2/c12-11(17)9-10(8-4-5-8)15(14-13-9)6-2-1-3-7-16/h8,16H,1-7H2,(H2,12,17). The minimum atomic E-state index is -0.492. The largest absolute Gasteiger partial charge is 0.396 e. The molecule has 0 bridgehead atoms. The number of aromatic nitrogens is 3. The molecule has 6 heteroatoms. The van der Waals surface area contributed by atoms with Crippen LogP contribution in [0.2, 0.25) is 0 Å². The molecule has 0 aliphatic heterocycles. The van der Waals surface area contributed by atoms with Gasteiger partial charge in [-0.3, -0.25) is 4.79 Å². The lowest BCUT2D eigenvalue weighted by Gasteiger charge is -2.05. The fraction of sp³-hybridized carbons (Fsp3) is 0.727. The van der Waals surface area contributed by atoms with E-state index in [9.17, 15) is 4.79 Å². The Morgan fingerprint density at radius 1 is 1.41 bits per heavy atom. The highest BCUT2D eigenvalue weighted by Gasteiger charge is 2.32. The lowest BCUT2D eigenvalue weighted by atomic mass is 10.2. The molecule has 2 rings (SSSR count). The summed E-state index contributed by atoms with van der Waals surface area (Å²) in [6.07, 6.45) is 4.86. The average molecular weight is 238 g/mol. The Morgan fingerprint density at radius 2 is 2.18 bits per heavy atom. The van der Waals surface area contributed by atoms with Gasteiger partial charge in [-0.15, -0.1) is 5.10 Å². The molecule has 0 unspecified atom stereocenters. The predicted octanol–water partition coefficient (Wildman–Crippen LogP) is 0.417. The zero-order valence-electron chi connectivity index (χ0n) is 9.80. The predicted molar refractivity (Wildman–Crippen MR) is 61.5 cm³/mol. The summed E-state index contributed by atoms with van der Waals surface area (Å²) >= 11 is 0. The van der Waals surface area contributed by atoms with Gasteiger partial charge >= 0.3 is 0 Å². The van der Waals surface area contributed by atoms with Crippen molar-refractivity contribution in [2.75, 3.05) is 6.61 Å². The number of aryl methyl sites for hydroxylation is 1. The first-order valence-corrected chi connectivity index (χ1v) is 6.08. The number of aliphatic hydroxyl groups excluding tert-OH is 1. The molecule has 1 fully saturated rings. The van der Waals surface area contributed by atoms with Crippen LogP contribution in [0.5, 0.6) is 0 Å². The van der Waals surface area contributed by atoms with Gasteiger partial charge in [0.2, 0.25) is 0 Å². The molecule has 1 aromatic rings. The first kappa shape index (κ1) is 12.0. The number of hydrogen-bond donors (Lipinski definition) is 2. The van der Waals surface area contributed by atoms with Gasteiger partial charge in [0.05, 0.1) is 5.69 Å². The summed E-state index contributed by atoms with van der Waals surface area (Å²) in [4.78, 5) is 11.2. The van der Waals surface area contributed by atoms with E-state index >= 15 is 0 Å². The van der Waals surface area contributed by atoms with Crippen LogP contribution in [-0.4, -0.2) is 32.6 Å². The summed E-state index contributed by atoms with van der Waals surface area (Å²) in [5, 5.41) is 16.6. The van der Waals surface area contributed by atoms with Crippen molar-refractivity contribution in [3.05, 3.63) is 11.4 Å². The smallest absolute Gasteiger partial charge is 0.271 e. The minimum Gasteiger partial charge on any atom is -0.396 e. The van der Waals surface area contributed by atoms with Crippen LogP contribution in [-0.2, 0) is 6.54 Å². The number of carbonyl (C=O) groups is 1. The van der Waals surface area contributed by atoms with Crippen LogP contribution in [0.3, 0.4) is 0 Å². The average Bonchev–Trinajstić information content (AvgIpc) is 3.05. The van der Waals surface area contributed by atoms with Gasteiger partial charge in [0.1, 0.15) is 0 Å². The van der Waals surface area contributed by atoms with E-state index in [0.717, 1.165) is 44.3 Å². The number of nitrogens with two attached hydrogens (primary N) is 1. The fourth-order valence-corrected chi connectivity index (χ4v) is 1.97. The van der Waals surface area contributed by atoms with Crippen molar-refractivity contribution < 1.29 is 9.90 Å². The number of unbranched alkanes of at least 4 members (excludes halogenated alkanes) is 2. The third-order valence-electron chi connectivity index (χ3n) is 3.00. The number of aliphatic hydroxyl groups is 1. The summed E-state index contributed by atoms with van der Waals surface area (Å²) in [5.74, 6) is -0.0844. The summed E-state index contributed by atoms with van der Waals surface area (Å²) in [6.45, 7) is 0.964. The van der Waals surface area contributed by atoms with Gasteiger partial charge in [-0.25, -0.2) is 4.68 Å². The molecule has 0 radical (unpaired) electrons. The summed E-state index contributed by atoms with van der Waals surface area (Å²) in [5.41, 5.74) is 6.51. The van der Waals surface area contributed by atoms with Crippen LogP contribution in [0, 0.1) is 0 Å². The Labute approximate surface area is 99.8 Å². The Kier molecular flexibility index (Phi) is 3.73. The first-order valence-electron chi connectivity index (χ1n) is 6.08. The van der Waals surface area contributed by atoms with Crippen LogP contribution in [0.15, 0.2) is 0 Å². The lowest BCUT2D eigenvalue weighted by Crippen LogP contribution is -2.15. The fourth-order valence-electron chi connectivity index (χ4n) is 1.97. The van der Waals surface area contributed by atoms with Gasteiger partial charge in [-0.2, -0.15) is 0 Å². The SMILES string of the molecule is NC(=O)c1nnn(CCCCCO)c1C1CC1. The van der Waals surface area contributed by atoms with Crippen molar-refractivity contribution in [1.82, 2.24) is 15.0 Å². The van der Waals surface area contributed by atoms with Crippen LogP contribution in [0.25, 0.3) is 0 Å². The number of nitrogens with zero attached hydrogens (tertiary/aromatic N) is 3. The summed E-state index contributed by atoms with van der Waals surface area (Å²) in [6, 6.07) is 0. The molecule has 1 heterocycles. The monoisotopic (exact) mass is 238 g/mol. The number of primary amides is 1. The van der Waals surface area contributed by atoms with Gasteiger partial charge in [-0.05, 0) is 32.1 Å². The van der Waals surface area contributed by atoms with Gasteiger partial charge < -0.3 is 10.8 Å². The van der Waals surface area contributed by atoms with Crippen molar-refractivity contribution in [2.45, 2.75) is 44.6 Å². The van der Waals surface area contributed by atoms with Gasteiger partial charge in [0.15, 0.2) is 5.69 Å². The highest BCUT2D eigenvalue weighted by molar-refractivity contribution is 5.92. The van der Waals surface area contributed by atoms with E-state index in [4.69, 9.17) is 10.8 Å². The second kappa shape index (κ2) is 5.27. The topological polar surface area (TPSA) is 94.0 Å². The Morgan fingerprint density at radius 3 is 2.76 bits per heavy atom. The van der Waals surface area contributed by atoms with Crippen LogP contribution in [0.1, 0.15) is 54.2 Å². The lowest BCUT2D eigenvalue weighted by molar-refractivity contribution is 0.0994. The molecule has 0 saturated heterocycles. The molecule has 0 spiro atoms. The van der Waals surface area contributed by atoms with E-state index in [2.05, 4.69) is 10.3 Å². The zero-order valence-corrected chi connectivity index (χ0v) is 9.80. The molecule has 3 N–H and O–H groups in total. The van der Waals surface area contributed by atoms with Crippen LogP contribution in [0.4, 0.5) is 0 Å². The molecule has 1 aliphatic rings. The van der Waals surface area contributed by atoms with E-state index in [0.29, 0.717) is 11.6 Å². The Bertz CT molecular complexity index is 398. The maximum absolute atomic E-state index is 11.2. The quantitative estimate of drug-likeness (QED) is 0.673. The number of amides is 1. The molecule has 0 atom stereocenters. The number of carbonyl (C=O) groups excluding carboxylic acids is 1. The molecule has 0 aromatic carbocycles. The molecular weight excluding hydrogens is 220 g/mol. The molecular formula is C11H18N4O2. The third kappa shape index (κ3) is 2.82. The molecule has 1 amide bonds. The van der Waals surface area contributed by atoms with Crippen LogP contribution < -0.4 is 5.73 Å². The highest BCUT2D eigenvalue weighted by Crippen LogP contribution is 2.41. The van der Waals surface area contributed by atoms with Gasteiger partial charge in [-0.1, -0.05) is 5.21 Å². The Balaban J connectivity index is 2.03. The molecule has 1 aromatic heterocycles. The van der Waals surface area contributed by atoms with E-state index < -0.39 is 5.91 Å². The van der Waals surface area contributed by atoms with Gasteiger partial charge in [0, 0.05) is 19.1 Å². The van der Waals surface area contributed by atoms with Crippen molar-refractivity contribution in [3.63, 3.8) is 0 Å². The maximum atomic E-state index is 11.2. The molecule has 94 valence electrons. The molecule has 6 nitrogen and oxygen atoms in total. The van der Waals surface area contributed by atoms with E-state index in [-0.39, 0.29) is 6.61 Å². The number of hydrogen-bond acceptors (Lipinski definition) is 4.